The van der Waals surface area contributed by atoms with Gasteiger partial charge in [-0.2, -0.15) is 0 Å². The zero-order chi connectivity index (χ0) is 30.1. The second kappa shape index (κ2) is 12.4. The first-order chi connectivity index (χ1) is 20.0. The van der Waals surface area contributed by atoms with Gasteiger partial charge in [0.1, 0.15) is 0 Å². The second-order valence-electron chi connectivity index (χ2n) is 12.3. The Kier molecular flexibility index (Phi) is 9.01. The molecular formula is C31H38FN3O5S2. The van der Waals surface area contributed by atoms with E-state index in [0.29, 0.717) is 29.2 Å². The number of hydrogen-bond donors (Lipinski definition) is 3. The van der Waals surface area contributed by atoms with Gasteiger partial charge in [-0.05, 0) is 56.9 Å². The zero-order valence-electron chi connectivity index (χ0n) is 24.0. The summed E-state index contributed by atoms with van der Waals surface area (Å²) in [6.45, 7) is 2.68. The predicted octanol–water partition coefficient (Wildman–Crippen LogP) is 6.10. The maximum absolute atomic E-state index is 13.5. The largest absolute Gasteiger partial charge is 0.481 e. The van der Waals surface area contributed by atoms with Crippen LogP contribution in [0.4, 0.5) is 4.39 Å². The highest BCUT2D eigenvalue weighted by atomic mass is 32.2. The van der Waals surface area contributed by atoms with Crippen molar-refractivity contribution < 1.29 is 27.5 Å². The molecule has 1 amide bonds. The average molecular weight is 616 g/mol. The minimum Gasteiger partial charge on any atom is -0.481 e. The van der Waals surface area contributed by atoms with Gasteiger partial charge in [-0.25, -0.2) is 18.1 Å². The maximum atomic E-state index is 13.5. The summed E-state index contributed by atoms with van der Waals surface area (Å²) in [4.78, 5) is 30.2. The van der Waals surface area contributed by atoms with Crippen LogP contribution in [0.2, 0.25) is 0 Å². The highest BCUT2D eigenvalue weighted by molar-refractivity contribution is 7.89. The summed E-state index contributed by atoms with van der Waals surface area (Å²) in [5, 5.41) is 13.7. The first-order valence-corrected chi connectivity index (χ1v) is 16.9. The van der Waals surface area contributed by atoms with Crippen LogP contribution in [0.3, 0.4) is 0 Å². The second-order valence-corrected chi connectivity index (χ2v) is 14.9. The minimum absolute atomic E-state index is 0.0519. The smallest absolute Gasteiger partial charge is 0.306 e. The molecular weight excluding hydrogens is 577 g/mol. The Labute approximate surface area is 250 Å². The number of carboxylic acid groups (broad SMARTS) is 1. The van der Waals surface area contributed by atoms with Crippen molar-refractivity contribution in [2.24, 2.45) is 11.8 Å². The maximum Gasteiger partial charge on any atom is 0.306 e. The lowest BCUT2D eigenvalue weighted by atomic mass is 9.80. The fourth-order valence-corrected chi connectivity index (χ4v) is 8.75. The molecule has 2 aliphatic carbocycles. The van der Waals surface area contributed by atoms with Gasteiger partial charge in [0.25, 0.3) is 5.91 Å². The monoisotopic (exact) mass is 615 g/mol. The number of thiazole rings is 1. The fourth-order valence-electron chi connectivity index (χ4n) is 6.06. The third-order valence-electron chi connectivity index (χ3n) is 8.47. The van der Waals surface area contributed by atoms with Crippen LogP contribution < -0.4 is 10.0 Å². The molecule has 1 aromatic heterocycles. The van der Waals surface area contributed by atoms with Crippen molar-refractivity contribution in [1.29, 1.82) is 0 Å². The van der Waals surface area contributed by atoms with Gasteiger partial charge in [-0.1, -0.05) is 62.4 Å². The molecule has 0 radical (unpaired) electrons. The molecule has 0 aliphatic heterocycles. The Morgan fingerprint density at radius 3 is 2.43 bits per heavy atom. The number of carbonyl (C=O) groups is 2. The van der Waals surface area contributed by atoms with Crippen LogP contribution in [-0.2, 0) is 21.2 Å². The van der Waals surface area contributed by atoms with Crippen molar-refractivity contribution in [3.63, 3.8) is 0 Å². The standard InChI is InChI=1S/C31H38FN3O5S2/c1-31(2,14-15-32)35-42(39,40)26-13-12-24(22-10-6-7-11-23(22)26)27-25(16-19-8-4-3-5-9-19)34-29(41-27)28(36)33-21-17-20(18-21)30(37)38/h6-7,10-13,19-21,35H,3-5,8-9,14-18H2,1-2H3,(H,33,36)(H,37,38). The third-order valence-corrected chi connectivity index (χ3v) is 11.4. The van der Waals surface area contributed by atoms with Gasteiger partial charge >= 0.3 is 5.97 Å². The number of carboxylic acids is 1. The number of aliphatic carboxylic acids is 1. The number of fused-ring (bicyclic) bond motifs is 1. The molecule has 42 heavy (non-hydrogen) atoms. The molecule has 2 fully saturated rings. The van der Waals surface area contributed by atoms with Crippen LogP contribution in [0.5, 0.6) is 0 Å². The van der Waals surface area contributed by atoms with Gasteiger partial charge in [0, 0.05) is 22.5 Å². The summed E-state index contributed by atoms with van der Waals surface area (Å²) in [6, 6.07) is 10.5. The van der Waals surface area contributed by atoms with Gasteiger partial charge in [0.05, 0.1) is 28.1 Å². The molecule has 5 rings (SSSR count). The van der Waals surface area contributed by atoms with Crippen LogP contribution in [0.25, 0.3) is 21.2 Å². The van der Waals surface area contributed by atoms with E-state index in [-0.39, 0.29) is 23.3 Å². The van der Waals surface area contributed by atoms with Gasteiger partial charge in [-0.15, -0.1) is 11.3 Å². The van der Waals surface area contributed by atoms with E-state index >= 15 is 0 Å². The Hall–Kier alpha value is -2.89. The van der Waals surface area contributed by atoms with Gasteiger partial charge in [-0.3, -0.25) is 14.0 Å². The Morgan fingerprint density at radius 2 is 1.76 bits per heavy atom. The molecule has 0 spiro atoms. The molecule has 1 heterocycles. The third kappa shape index (κ3) is 6.68. The van der Waals surface area contributed by atoms with E-state index in [2.05, 4.69) is 10.0 Å². The number of benzene rings is 2. The molecule has 3 aromatic rings. The molecule has 0 unspecified atom stereocenters. The molecule has 2 aromatic carbocycles. The highest BCUT2D eigenvalue weighted by Gasteiger charge is 2.36. The number of halogens is 1. The SMILES string of the molecule is CC(C)(CCF)NS(=O)(=O)c1ccc(-c2sc(C(=O)NC3CC(C(=O)O)C3)nc2CC2CCCCC2)c2ccccc12. The number of carbonyl (C=O) groups excluding carboxylic acids is 1. The number of rotatable bonds is 11. The van der Waals surface area contributed by atoms with E-state index in [9.17, 15) is 27.5 Å². The number of amides is 1. The Bertz CT molecular complexity index is 1570. The lowest BCUT2D eigenvalue weighted by molar-refractivity contribution is -0.145. The molecule has 0 saturated heterocycles. The molecule has 226 valence electrons. The van der Waals surface area contributed by atoms with Crippen molar-refractivity contribution in [2.45, 2.75) is 88.1 Å². The van der Waals surface area contributed by atoms with E-state index in [1.165, 1.54) is 30.6 Å². The van der Waals surface area contributed by atoms with Crippen molar-refractivity contribution in [3.8, 4) is 10.4 Å². The van der Waals surface area contributed by atoms with Gasteiger partial charge in [0.2, 0.25) is 10.0 Å². The van der Waals surface area contributed by atoms with E-state index in [1.807, 2.05) is 12.1 Å². The molecule has 0 atom stereocenters. The topological polar surface area (TPSA) is 125 Å². The van der Waals surface area contributed by atoms with Crippen LogP contribution in [0.15, 0.2) is 41.3 Å². The molecule has 0 bridgehead atoms. The van der Waals surface area contributed by atoms with Crippen LogP contribution in [0, 0.1) is 11.8 Å². The predicted molar refractivity (Wildman–Crippen MR) is 162 cm³/mol. The first-order valence-electron chi connectivity index (χ1n) is 14.6. The fraction of sp³-hybridized carbons (Fsp3) is 0.516. The first kappa shape index (κ1) is 30.6. The summed E-state index contributed by atoms with van der Waals surface area (Å²) < 4.78 is 42.7. The quantitative estimate of drug-likeness (QED) is 0.240. The van der Waals surface area contributed by atoms with Gasteiger partial charge in [0.15, 0.2) is 5.01 Å². The molecule has 11 heteroatoms. The van der Waals surface area contributed by atoms with Crippen molar-refractivity contribution in [2.75, 3.05) is 6.67 Å². The summed E-state index contributed by atoms with van der Waals surface area (Å²) in [7, 11) is -3.96. The number of nitrogens with zero attached hydrogens (tertiary/aromatic N) is 1. The summed E-state index contributed by atoms with van der Waals surface area (Å²) >= 11 is 1.29. The summed E-state index contributed by atoms with van der Waals surface area (Å²) in [5.41, 5.74) is 0.687. The highest BCUT2D eigenvalue weighted by Crippen LogP contribution is 2.40. The molecule has 2 aliphatic rings. The number of aromatic nitrogens is 1. The van der Waals surface area contributed by atoms with E-state index < -0.39 is 34.1 Å². The van der Waals surface area contributed by atoms with Crippen LogP contribution in [0.1, 0.15) is 80.7 Å². The Morgan fingerprint density at radius 1 is 1.07 bits per heavy atom. The lowest BCUT2D eigenvalue weighted by Gasteiger charge is -2.32. The van der Waals surface area contributed by atoms with E-state index in [0.717, 1.165) is 40.8 Å². The van der Waals surface area contributed by atoms with Crippen molar-refractivity contribution in [3.05, 3.63) is 47.1 Å². The molecule has 2 saturated carbocycles. The molecule has 8 nitrogen and oxygen atoms in total. The number of sulfonamides is 1. The zero-order valence-corrected chi connectivity index (χ0v) is 25.6. The van der Waals surface area contributed by atoms with E-state index in [1.54, 1.807) is 38.1 Å². The van der Waals surface area contributed by atoms with E-state index in [4.69, 9.17) is 4.98 Å². The number of nitrogens with one attached hydrogen (secondary N) is 2. The summed E-state index contributed by atoms with van der Waals surface area (Å²) in [5.74, 6) is -1.12. The average Bonchev–Trinajstić information content (AvgIpc) is 3.32. The molecule has 3 N–H and O–H groups in total. The lowest BCUT2D eigenvalue weighted by Crippen LogP contribution is -2.46. The van der Waals surface area contributed by atoms with Crippen molar-refractivity contribution in [1.82, 2.24) is 15.0 Å². The normalized spacial score (nSPS) is 19.9. The number of alkyl halides is 1. The summed E-state index contributed by atoms with van der Waals surface area (Å²) in [6.07, 6.45) is 7.38. The van der Waals surface area contributed by atoms with Crippen LogP contribution in [-0.4, -0.2) is 48.6 Å². The van der Waals surface area contributed by atoms with Gasteiger partial charge < -0.3 is 10.4 Å². The minimum atomic E-state index is -3.96. The number of hydrogen-bond acceptors (Lipinski definition) is 6. The van der Waals surface area contributed by atoms with Crippen molar-refractivity contribution >= 4 is 44.0 Å². The van der Waals surface area contributed by atoms with Crippen LogP contribution >= 0.6 is 11.3 Å². The Balaban J connectivity index is 1.52.